The molecule has 0 spiro atoms. The number of benzene rings is 4. The van der Waals surface area contributed by atoms with Crippen molar-refractivity contribution in [1.29, 1.82) is 0 Å². The summed E-state index contributed by atoms with van der Waals surface area (Å²) in [6.45, 7) is -0.0716. The second-order valence-electron chi connectivity index (χ2n) is 9.72. The van der Waals surface area contributed by atoms with Crippen LogP contribution >= 0.6 is 0 Å². The van der Waals surface area contributed by atoms with Crippen LogP contribution in [0, 0.1) is 0 Å². The Bertz CT molecular complexity index is 1600. The maximum atomic E-state index is 13.0. The smallest absolute Gasteiger partial charge is 0.338 e. The summed E-state index contributed by atoms with van der Waals surface area (Å²) in [7, 11) is 0. The number of ether oxygens (including phenoxy) is 3. The summed E-state index contributed by atoms with van der Waals surface area (Å²) in [6, 6.07) is 37.5. The number of aromatic nitrogens is 2. The average Bonchev–Trinajstić information content (AvgIpc) is 3.66. The fraction of sp³-hybridized carbons (Fsp3) is 0.147. The third kappa shape index (κ3) is 5.81. The molecule has 1 saturated heterocycles. The summed E-state index contributed by atoms with van der Waals surface area (Å²) in [5, 5.41) is 0. The first kappa shape index (κ1) is 26.2. The monoisotopic (exact) mass is 544 g/mol. The predicted octanol–water partition coefficient (Wildman–Crippen LogP) is 6.59. The van der Waals surface area contributed by atoms with E-state index in [1.807, 2.05) is 77.4 Å². The van der Waals surface area contributed by atoms with Crippen LogP contribution in [0.15, 0.2) is 128 Å². The van der Waals surface area contributed by atoms with E-state index in [1.165, 1.54) is 0 Å². The van der Waals surface area contributed by atoms with Crippen LogP contribution in [0.1, 0.15) is 33.4 Å². The van der Waals surface area contributed by atoms with Gasteiger partial charge in [0.25, 0.3) is 0 Å². The Morgan fingerprint density at radius 3 is 1.88 bits per heavy atom. The van der Waals surface area contributed by atoms with Crippen LogP contribution in [0.4, 0.5) is 0 Å². The molecule has 7 heteroatoms. The van der Waals surface area contributed by atoms with Gasteiger partial charge in [-0.25, -0.2) is 14.6 Å². The van der Waals surface area contributed by atoms with E-state index in [9.17, 15) is 9.59 Å². The molecule has 0 saturated carbocycles. The lowest BCUT2D eigenvalue weighted by Crippen LogP contribution is -2.32. The molecule has 7 nitrogen and oxygen atoms in total. The number of esters is 2. The van der Waals surface area contributed by atoms with Gasteiger partial charge in [0, 0.05) is 17.5 Å². The van der Waals surface area contributed by atoms with Crippen molar-refractivity contribution >= 4 is 11.9 Å². The van der Waals surface area contributed by atoms with Crippen molar-refractivity contribution in [3.8, 4) is 22.5 Å². The van der Waals surface area contributed by atoms with Crippen LogP contribution in [0.3, 0.4) is 0 Å². The van der Waals surface area contributed by atoms with Crippen molar-refractivity contribution in [2.45, 2.75) is 24.9 Å². The molecule has 41 heavy (non-hydrogen) atoms. The Kier molecular flexibility index (Phi) is 7.69. The Morgan fingerprint density at radius 2 is 1.27 bits per heavy atom. The largest absolute Gasteiger partial charge is 0.459 e. The van der Waals surface area contributed by atoms with E-state index in [1.54, 1.807) is 54.9 Å². The summed E-state index contributed by atoms with van der Waals surface area (Å²) in [5.74, 6) is -0.928. The molecular weight excluding hydrogens is 516 g/mol. The molecule has 4 aromatic carbocycles. The number of rotatable bonds is 8. The summed E-state index contributed by atoms with van der Waals surface area (Å²) in [4.78, 5) is 30.5. The van der Waals surface area contributed by atoms with E-state index < -0.39 is 30.4 Å². The Balaban J connectivity index is 1.30. The average molecular weight is 545 g/mol. The third-order valence-corrected chi connectivity index (χ3v) is 7.04. The van der Waals surface area contributed by atoms with Crippen molar-refractivity contribution in [3.05, 3.63) is 139 Å². The van der Waals surface area contributed by atoms with Crippen LogP contribution < -0.4 is 0 Å². The Morgan fingerprint density at radius 1 is 0.732 bits per heavy atom. The molecule has 6 rings (SSSR count). The maximum Gasteiger partial charge on any atom is 0.338 e. The molecule has 5 aromatic rings. The molecule has 1 aromatic heterocycles. The number of imidazole rings is 1. The number of carbonyl (C=O) groups excluding carboxylic acids is 2. The van der Waals surface area contributed by atoms with Gasteiger partial charge in [-0.3, -0.25) is 0 Å². The number of carbonyl (C=O) groups is 2. The summed E-state index contributed by atoms with van der Waals surface area (Å²) in [5.41, 5.74) is 4.53. The lowest BCUT2D eigenvalue weighted by atomic mass is 10.0. The second kappa shape index (κ2) is 12.0. The maximum absolute atomic E-state index is 13.0. The SMILES string of the molecule is O=C(OC[C@H]1O[C@H](n2cnc(-c3ccccc3)c2-c2ccccc2)C[C@@H]1OC(=O)c1ccccc1)c1ccccc1. The molecule has 1 fully saturated rings. The molecule has 0 radical (unpaired) electrons. The van der Waals surface area contributed by atoms with Crippen LogP contribution in [-0.4, -0.2) is 40.3 Å². The minimum absolute atomic E-state index is 0.0716. The Labute approximate surface area is 238 Å². The highest BCUT2D eigenvalue weighted by molar-refractivity contribution is 5.90. The Hall–Kier alpha value is -5.01. The molecule has 3 atom stereocenters. The highest BCUT2D eigenvalue weighted by Crippen LogP contribution is 2.39. The van der Waals surface area contributed by atoms with Crippen LogP contribution in [0.25, 0.3) is 22.5 Å². The van der Waals surface area contributed by atoms with E-state index >= 15 is 0 Å². The van der Waals surface area contributed by atoms with Crippen LogP contribution in [0.5, 0.6) is 0 Å². The first-order valence-electron chi connectivity index (χ1n) is 13.5. The second-order valence-corrected chi connectivity index (χ2v) is 9.72. The van der Waals surface area contributed by atoms with Gasteiger partial charge in [-0.15, -0.1) is 0 Å². The fourth-order valence-electron chi connectivity index (χ4n) is 5.01. The van der Waals surface area contributed by atoms with E-state index in [0.29, 0.717) is 17.5 Å². The third-order valence-electron chi connectivity index (χ3n) is 7.04. The predicted molar refractivity (Wildman–Crippen MR) is 154 cm³/mol. The van der Waals surface area contributed by atoms with E-state index in [0.717, 1.165) is 22.5 Å². The van der Waals surface area contributed by atoms with Gasteiger partial charge < -0.3 is 18.8 Å². The van der Waals surface area contributed by atoms with Gasteiger partial charge in [0.2, 0.25) is 0 Å². The molecule has 0 unspecified atom stereocenters. The fourth-order valence-corrected chi connectivity index (χ4v) is 5.01. The normalized spacial score (nSPS) is 18.1. The highest BCUT2D eigenvalue weighted by Gasteiger charge is 2.41. The van der Waals surface area contributed by atoms with Crippen molar-refractivity contribution in [2.24, 2.45) is 0 Å². The van der Waals surface area contributed by atoms with Gasteiger partial charge in [0.1, 0.15) is 25.0 Å². The van der Waals surface area contributed by atoms with E-state index in [2.05, 4.69) is 0 Å². The van der Waals surface area contributed by atoms with Crippen LogP contribution in [0.2, 0.25) is 0 Å². The summed E-state index contributed by atoms with van der Waals surface area (Å²) in [6.07, 6.45) is 0.276. The zero-order valence-corrected chi connectivity index (χ0v) is 22.2. The van der Waals surface area contributed by atoms with Gasteiger partial charge in [0.15, 0.2) is 0 Å². The quantitative estimate of drug-likeness (QED) is 0.205. The molecule has 1 aliphatic heterocycles. The van der Waals surface area contributed by atoms with Crippen molar-refractivity contribution in [3.63, 3.8) is 0 Å². The molecule has 2 heterocycles. The number of nitrogens with zero attached hydrogens (tertiary/aromatic N) is 2. The standard InChI is InChI=1S/C34H28N2O5/c37-33(26-17-9-3-10-18-26)39-22-29-28(41-34(38)27-19-11-4-12-20-27)21-30(40-29)36-23-35-31(24-13-5-1-6-14-24)32(36)25-15-7-2-8-16-25/h1-20,23,28-30H,21-22H2/t28-,29+,30-/m0/s1. The molecule has 204 valence electrons. The van der Waals surface area contributed by atoms with Gasteiger partial charge in [-0.05, 0) is 24.3 Å². The van der Waals surface area contributed by atoms with Gasteiger partial charge in [-0.1, -0.05) is 97.1 Å². The van der Waals surface area contributed by atoms with E-state index in [-0.39, 0.29) is 6.61 Å². The minimum Gasteiger partial charge on any atom is -0.459 e. The van der Waals surface area contributed by atoms with Crippen LogP contribution in [-0.2, 0) is 14.2 Å². The van der Waals surface area contributed by atoms with Crippen molar-refractivity contribution in [2.75, 3.05) is 6.61 Å². The molecule has 0 N–H and O–H groups in total. The van der Waals surface area contributed by atoms with Crippen molar-refractivity contribution in [1.82, 2.24) is 9.55 Å². The zero-order valence-electron chi connectivity index (χ0n) is 22.2. The minimum atomic E-state index is -0.675. The number of hydrogen-bond acceptors (Lipinski definition) is 6. The van der Waals surface area contributed by atoms with Gasteiger partial charge >= 0.3 is 11.9 Å². The zero-order chi connectivity index (χ0) is 28.0. The van der Waals surface area contributed by atoms with Crippen molar-refractivity contribution < 1.29 is 23.8 Å². The first-order valence-corrected chi connectivity index (χ1v) is 13.5. The topological polar surface area (TPSA) is 79.7 Å². The lowest BCUT2D eigenvalue weighted by molar-refractivity contribution is -0.0567. The highest BCUT2D eigenvalue weighted by atomic mass is 16.6. The first-order chi connectivity index (χ1) is 20.2. The molecule has 0 aliphatic carbocycles. The lowest BCUT2D eigenvalue weighted by Gasteiger charge is -2.19. The molecular formula is C34H28N2O5. The summed E-state index contributed by atoms with van der Waals surface area (Å²) < 4.78 is 20.0. The molecule has 1 aliphatic rings. The number of hydrogen-bond donors (Lipinski definition) is 0. The van der Waals surface area contributed by atoms with Gasteiger partial charge in [0.05, 0.1) is 28.8 Å². The molecule has 0 amide bonds. The van der Waals surface area contributed by atoms with E-state index in [4.69, 9.17) is 19.2 Å². The molecule has 0 bridgehead atoms. The summed E-state index contributed by atoms with van der Waals surface area (Å²) >= 11 is 0. The van der Waals surface area contributed by atoms with Gasteiger partial charge in [-0.2, -0.15) is 0 Å².